The zero-order valence-electron chi connectivity index (χ0n) is 9.16. The molecule has 78 valence electrons. The Morgan fingerprint density at radius 1 is 1.40 bits per heavy atom. The summed E-state index contributed by atoms with van der Waals surface area (Å²) in [5.41, 5.74) is 8.80. The van der Waals surface area contributed by atoms with Crippen molar-refractivity contribution in [2.24, 2.45) is 10.7 Å². The molecular formula is C12H14N2O. The van der Waals surface area contributed by atoms with Crippen molar-refractivity contribution in [2.45, 2.75) is 26.2 Å². The molecule has 0 saturated carbocycles. The highest BCUT2D eigenvalue weighted by molar-refractivity contribution is 6.01. The molecule has 0 atom stereocenters. The third-order valence-corrected chi connectivity index (χ3v) is 3.15. The Balaban J connectivity index is 2.60. The monoisotopic (exact) mass is 202 g/mol. The molecule has 0 fully saturated rings. The van der Waals surface area contributed by atoms with Crippen LogP contribution >= 0.6 is 0 Å². The summed E-state index contributed by atoms with van der Waals surface area (Å²) in [4.78, 5) is 15.5. The van der Waals surface area contributed by atoms with Crippen LogP contribution in [0.1, 0.15) is 36.7 Å². The summed E-state index contributed by atoms with van der Waals surface area (Å²) < 4.78 is 0. The van der Waals surface area contributed by atoms with Gasteiger partial charge in [0.25, 0.3) is 0 Å². The zero-order chi connectivity index (χ0) is 11.2. The zero-order valence-corrected chi connectivity index (χ0v) is 9.16. The van der Waals surface area contributed by atoms with E-state index in [0.29, 0.717) is 5.56 Å². The first-order valence-corrected chi connectivity index (χ1v) is 4.93. The molecule has 15 heavy (non-hydrogen) atoms. The van der Waals surface area contributed by atoms with Gasteiger partial charge in [-0.15, -0.1) is 0 Å². The fraction of sp³-hybridized carbons (Fsp3) is 0.333. The van der Waals surface area contributed by atoms with Crippen LogP contribution in [0, 0.1) is 0 Å². The van der Waals surface area contributed by atoms with Crippen molar-refractivity contribution in [3.05, 3.63) is 29.3 Å². The quantitative estimate of drug-likeness (QED) is 0.745. The van der Waals surface area contributed by atoms with Crippen LogP contribution in [-0.4, -0.2) is 11.6 Å². The lowest BCUT2D eigenvalue weighted by Crippen LogP contribution is -2.23. The maximum atomic E-state index is 11.1. The lowest BCUT2D eigenvalue weighted by molar-refractivity contribution is 0.1000. The van der Waals surface area contributed by atoms with Gasteiger partial charge in [0, 0.05) is 16.7 Å². The van der Waals surface area contributed by atoms with Crippen molar-refractivity contribution in [3.8, 4) is 0 Å². The summed E-state index contributed by atoms with van der Waals surface area (Å²) in [6.45, 7) is 6.20. The van der Waals surface area contributed by atoms with Crippen molar-refractivity contribution in [3.63, 3.8) is 0 Å². The molecule has 1 aliphatic rings. The molecule has 3 nitrogen and oxygen atoms in total. The molecule has 0 bridgehead atoms. The van der Waals surface area contributed by atoms with Gasteiger partial charge in [-0.25, -0.2) is 0 Å². The van der Waals surface area contributed by atoms with Crippen LogP contribution < -0.4 is 5.73 Å². The van der Waals surface area contributed by atoms with Gasteiger partial charge >= 0.3 is 0 Å². The van der Waals surface area contributed by atoms with E-state index in [2.05, 4.69) is 18.8 Å². The molecule has 2 rings (SSSR count). The molecule has 1 aliphatic heterocycles. The molecule has 1 aromatic carbocycles. The highest BCUT2D eigenvalue weighted by Crippen LogP contribution is 2.40. The molecule has 2 N–H and O–H groups in total. The SMILES string of the molecule is CC1=Nc2ccc(C(N)=O)cc2C1(C)C. The van der Waals surface area contributed by atoms with E-state index < -0.39 is 5.91 Å². The van der Waals surface area contributed by atoms with Gasteiger partial charge in [0.2, 0.25) is 5.91 Å². The van der Waals surface area contributed by atoms with Gasteiger partial charge < -0.3 is 5.73 Å². The van der Waals surface area contributed by atoms with E-state index in [1.54, 1.807) is 6.07 Å². The molecular weight excluding hydrogens is 188 g/mol. The van der Waals surface area contributed by atoms with E-state index in [1.165, 1.54) is 0 Å². The number of hydrogen-bond donors (Lipinski definition) is 1. The van der Waals surface area contributed by atoms with Crippen LogP contribution in [0.5, 0.6) is 0 Å². The van der Waals surface area contributed by atoms with Crippen LogP contribution in [0.3, 0.4) is 0 Å². The molecule has 0 saturated heterocycles. The number of rotatable bonds is 1. The fourth-order valence-corrected chi connectivity index (χ4v) is 1.80. The molecule has 0 radical (unpaired) electrons. The van der Waals surface area contributed by atoms with Gasteiger partial charge in [0.15, 0.2) is 0 Å². The number of amides is 1. The number of nitrogens with two attached hydrogens (primary N) is 1. The van der Waals surface area contributed by atoms with Gasteiger partial charge in [-0.3, -0.25) is 9.79 Å². The number of carbonyl (C=O) groups is 1. The molecule has 1 aromatic rings. The van der Waals surface area contributed by atoms with E-state index in [9.17, 15) is 4.79 Å². The van der Waals surface area contributed by atoms with Gasteiger partial charge in [-0.2, -0.15) is 0 Å². The van der Waals surface area contributed by atoms with Gasteiger partial charge in [0.05, 0.1) is 5.69 Å². The lowest BCUT2D eigenvalue weighted by atomic mass is 9.81. The normalized spacial score (nSPS) is 17.1. The molecule has 1 heterocycles. The topological polar surface area (TPSA) is 55.4 Å². The van der Waals surface area contributed by atoms with Crippen molar-refractivity contribution >= 4 is 17.3 Å². The Morgan fingerprint density at radius 3 is 2.67 bits per heavy atom. The van der Waals surface area contributed by atoms with Crippen molar-refractivity contribution in [1.82, 2.24) is 0 Å². The number of benzene rings is 1. The second-order valence-electron chi connectivity index (χ2n) is 4.42. The number of hydrogen-bond acceptors (Lipinski definition) is 2. The maximum Gasteiger partial charge on any atom is 0.248 e. The Labute approximate surface area is 89.0 Å². The highest BCUT2D eigenvalue weighted by Gasteiger charge is 2.32. The van der Waals surface area contributed by atoms with E-state index >= 15 is 0 Å². The summed E-state index contributed by atoms with van der Waals surface area (Å²) in [5.74, 6) is -0.391. The minimum Gasteiger partial charge on any atom is -0.366 e. The molecule has 0 spiro atoms. The van der Waals surface area contributed by atoms with Crippen LogP contribution in [0.2, 0.25) is 0 Å². The number of primary amides is 1. The summed E-state index contributed by atoms with van der Waals surface area (Å²) in [6.07, 6.45) is 0. The minimum absolute atomic E-state index is 0.0964. The van der Waals surface area contributed by atoms with E-state index in [1.807, 2.05) is 19.1 Å². The Hall–Kier alpha value is -1.64. The first-order chi connectivity index (χ1) is 6.93. The second kappa shape index (κ2) is 2.92. The highest BCUT2D eigenvalue weighted by atomic mass is 16.1. The summed E-state index contributed by atoms with van der Waals surface area (Å²) in [6, 6.07) is 5.42. The van der Waals surface area contributed by atoms with Gasteiger partial charge in [-0.05, 0) is 30.7 Å². The molecule has 0 aliphatic carbocycles. The third kappa shape index (κ3) is 1.35. The minimum atomic E-state index is -0.391. The van der Waals surface area contributed by atoms with Gasteiger partial charge in [0.1, 0.15) is 0 Å². The van der Waals surface area contributed by atoms with Gasteiger partial charge in [-0.1, -0.05) is 13.8 Å². The molecule has 1 amide bonds. The predicted octanol–water partition coefficient (Wildman–Crippen LogP) is 2.17. The average Bonchev–Trinajstić information content (AvgIpc) is 2.38. The van der Waals surface area contributed by atoms with Crippen LogP contribution in [0.15, 0.2) is 23.2 Å². The summed E-state index contributed by atoms with van der Waals surface area (Å²) >= 11 is 0. The smallest absolute Gasteiger partial charge is 0.248 e. The van der Waals surface area contributed by atoms with E-state index in [0.717, 1.165) is 17.0 Å². The number of aliphatic imine (C=N–C) groups is 1. The van der Waals surface area contributed by atoms with Crippen LogP contribution in [0.4, 0.5) is 5.69 Å². The summed E-state index contributed by atoms with van der Waals surface area (Å²) in [5, 5.41) is 0. The Bertz CT molecular complexity index is 473. The van der Waals surface area contributed by atoms with Crippen LogP contribution in [0.25, 0.3) is 0 Å². The lowest BCUT2D eigenvalue weighted by Gasteiger charge is -2.20. The standard InChI is InChI=1S/C12H14N2O/c1-7-12(2,3)9-6-8(11(13)15)4-5-10(9)14-7/h4-6H,1-3H3,(H2,13,15). The number of fused-ring (bicyclic) bond motifs is 1. The Kier molecular flexibility index (Phi) is 1.93. The molecule has 0 unspecified atom stereocenters. The number of carbonyl (C=O) groups excluding carboxylic acids is 1. The predicted molar refractivity (Wildman–Crippen MR) is 60.8 cm³/mol. The first-order valence-electron chi connectivity index (χ1n) is 4.93. The van der Waals surface area contributed by atoms with Crippen molar-refractivity contribution in [2.75, 3.05) is 0 Å². The first kappa shape index (κ1) is 9.90. The molecule has 3 heteroatoms. The third-order valence-electron chi connectivity index (χ3n) is 3.15. The Morgan fingerprint density at radius 2 is 2.07 bits per heavy atom. The van der Waals surface area contributed by atoms with E-state index in [-0.39, 0.29) is 5.41 Å². The molecule has 0 aromatic heterocycles. The van der Waals surface area contributed by atoms with Crippen molar-refractivity contribution < 1.29 is 4.79 Å². The second-order valence-corrected chi connectivity index (χ2v) is 4.42. The van der Waals surface area contributed by atoms with Crippen LogP contribution in [-0.2, 0) is 5.41 Å². The fourth-order valence-electron chi connectivity index (χ4n) is 1.80. The largest absolute Gasteiger partial charge is 0.366 e. The maximum absolute atomic E-state index is 11.1. The summed E-state index contributed by atoms with van der Waals surface area (Å²) in [7, 11) is 0. The van der Waals surface area contributed by atoms with Crippen molar-refractivity contribution in [1.29, 1.82) is 0 Å². The average molecular weight is 202 g/mol. The number of nitrogens with zero attached hydrogens (tertiary/aromatic N) is 1. The van der Waals surface area contributed by atoms with E-state index in [4.69, 9.17) is 5.73 Å².